The monoisotopic (exact) mass is 229 g/mol. The van der Waals surface area contributed by atoms with E-state index >= 15 is 0 Å². The average Bonchev–Trinajstić information content (AvgIpc) is 2.87. The number of carbonyl (C=O) groups is 1. The van der Waals surface area contributed by atoms with Crippen molar-refractivity contribution in [3.63, 3.8) is 0 Å². The molecule has 0 saturated carbocycles. The largest absolute Gasteiger partial charge is 0.351 e. The number of nitrogens with one attached hydrogen (secondary N) is 1. The molecule has 4 heteroatoms. The molecule has 4 nitrogen and oxygen atoms in total. The third-order valence-electron chi connectivity index (χ3n) is 3.28. The van der Waals surface area contributed by atoms with E-state index < -0.39 is 0 Å². The molecule has 0 spiro atoms. The van der Waals surface area contributed by atoms with Crippen LogP contribution >= 0.6 is 0 Å². The standard InChI is InChI=1S/C13H15N3O/c1-9-2-3-10-7-14-16(12(10)6-9)8-11-4-5-13(17)15-11/h2-3,6-7,11H,4-5,8H2,1H3,(H,15,17)/t11-/m1/s1. The van der Waals surface area contributed by atoms with Crippen LogP contribution in [0.5, 0.6) is 0 Å². The van der Waals surface area contributed by atoms with Crippen LogP contribution in [-0.2, 0) is 11.3 Å². The van der Waals surface area contributed by atoms with Gasteiger partial charge in [0, 0.05) is 17.8 Å². The predicted octanol–water partition coefficient (Wildman–Crippen LogP) is 1.62. The first-order valence-electron chi connectivity index (χ1n) is 5.94. The minimum absolute atomic E-state index is 0.155. The normalized spacial score (nSPS) is 19.8. The van der Waals surface area contributed by atoms with E-state index in [0.717, 1.165) is 23.9 Å². The zero-order valence-electron chi connectivity index (χ0n) is 9.81. The molecule has 1 atom stereocenters. The number of carbonyl (C=O) groups excluding carboxylic acids is 1. The Bertz CT molecular complexity index is 573. The van der Waals surface area contributed by atoms with Gasteiger partial charge >= 0.3 is 0 Å². The molecule has 1 aromatic carbocycles. The molecule has 2 heterocycles. The summed E-state index contributed by atoms with van der Waals surface area (Å²) in [6, 6.07) is 6.54. The molecule has 88 valence electrons. The number of fused-ring (bicyclic) bond motifs is 1. The van der Waals surface area contributed by atoms with Crippen LogP contribution in [0.1, 0.15) is 18.4 Å². The molecule has 1 aliphatic heterocycles. The van der Waals surface area contributed by atoms with Gasteiger partial charge in [-0.25, -0.2) is 0 Å². The molecule has 1 N–H and O–H groups in total. The third-order valence-corrected chi connectivity index (χ3v) is 3.28. The molecule has 0 aliphatic carbocycles. The quantitative estimate of drug-likeness (QED) is 0.850. The van der Waals surface area contributed by atoms with Crippen molar-refractivity contribution in [2.24, 2.45) is 0 Å². The lowest BCUT2D eigenvalue weighted by Crippen LogP contribution is -2.29. The fraction of sp³-hybridized carbons (Fsp3) is 0.385. The van der Waals surface area contributed by atoms with E-state index in [1.54, 1.807) is 0 Å². The Morgan fingerprint density at radius 3 is 3.18 bits per heavy atom. The number of benzene rings is 1. The van der Waals surface area contributed by atoms with Gasteiger partial charge in [-0.15, -0.1) is 0 Å². The average molecular weight is 229 g/mol. The number of hydrogen-bond acceptors (Lipinski definition) is 2. The molecule has 1 aromatic heterocycles. The van der Waals surface area contributed by atoms with Crippen LogP contribution in [0.2, 0.25) is 0 Å². The predicted molar refractivity (Wildman–Crippen MR) is 65.6 cm³/mol. The number of aromatic nitrogens is 2. The summed E-state index contributed by atoms with van der Waals surface area (Å²) in [4.78, 5) is 11.2. The smallest absolute Gasteiger partial charge is 0.220 e. The summed E-state index contributed by atoms with van der Waals surface area (Å²) in [6.45, 7) is 2.84. The highest BCUT2D eigenvalue weighted by Gasteiger charge is 2.21. The van der Waals surface area contributed by atoms with Crippen molar-refractivity contribution in [2.45, 2.75) is 32.4 Å². The SMILES string of the molecule is Cc1ccc2cnn(C[C@H]3CCC(=O)N3)c2c1. The first-order chi connectivity index (χ1) is 8.22. The van der Waals surface area contributed by atoms with E-state index in [4.69, 9.17) is 0 Å². The molecule has 1 aliphatic rings. The van der Waals surface area contributed by atoms with E-state index in [0.29, 0.717) is 6.42 Å². The van der Waals surface area contributed by atoms with E-state index in [1.165, 1.54) is 5.56 Å². The highest BCUT2D eigenvalue weighted by Crippen LogP contribution is 2.17. The fourth-order valence-corrected chi connectivity index (χ4v) is 2.35. The molecular formula is C13H15N3O. The highest BCUT2D eigenvalue weighted by molar-refractivity contribution is 5.80. The van der Waals surface area contributed by atoms with Crippen molar-refractivity contribution in [1.29, 1.82) is 0 Å². The van der Waals surface area contributed by atoms with Crippen LogP contribution in [0, 0.1) is 6.92 Å². The summed E-state index contributed by atoms with van der Waals surface area (Å²) in [5.41, 5.74) is 2.38. The number of rotatable bonds is 2. The maximum atomic E-state index is 11.2. The molecule has 1 fully saturated rings. The Kier molecular flexibility index (Phi) is 2.35. The Balaban J connectivity index is 1.90. The minimum Gasteiger partial charge on any atom is -0.351 e. The zero-order valence-corrected chi connectivity index (χ0v) is 9.81. The molecule has 1 amide bonds. The molecule has 0 radical (unpaired) electrons. The molecule has 1 saturated heterocycles. The fourth-order valence-electron chi connectivity index (χ4n) is 2.35. The van der Waals surface area contributed by atoms with Crippen LogP contribution in [0.15, 0.2) is 24.4 Å². The summed E-state index contributed by atoms with van der Waals surface area (Å²) in [5.74, 6) is 0.155. The maximum Gasteiger partial charge on any atom is 0.220 e. The van der Waals surface area contributed by atoms with Gasteiger partial charge in [-0.1, -0.05) is 12.1 Å². The van der Waals surface area contributed by atoms with Gasteiger partial charge < -0.3 is 5.32 Å². The summed E-state index contributed by atoms with van der Waals surface area (Å²) >= 11 is 0. The van der Waals surface area contributed by atoms with Crippen LogP contribution in [-0.4, -0.2) is 21.7 Å². The number of hydrogen-bond donors (Lipinski definition) is 1. The van der Waals surface area contributed by atoms with Gasteiger partial charge in [0.1, 0.15) is 0 Å². The number of nitrogens with zero attached hydrogens (tertiary/aromatic N) is 2. The molecule has 17 heavy (non-hydrogen) atoms. The van der Waals surface area contributed by atoms with Crippen molar-refractivity contribution in [3.8, 4) is 0 Å². The number of aryl methyl sites for hydroxylation is 1. The topological polar surface area (TPSA) is 46.9 Å². The molecule has 0 bridgehead atoms. The second kappa shape index (κ2) is 3.87. The van der Waals surface area contributed by atoms with Gasteiger partial charge in [-0.2, -0.15) is 5.10 Å². The Labute approximate surface area is 99.6 Å². The minimum atomic E-state index is 0.155. The lowest BCUT2D eigenvalue weighted by molar-refractivity contribution is -0.119. The third kappa shape index (κ3) is 1.90. The second-order valence-electron chi connectivity index (χ2n) is 4.69. The van der Waals surface area contributed by atoms with Crippen molar-refractivity contribution in [3.05, 3.63) is 30.0 Å². The Morgan fingerprint density at radius 2 is 2.41 bits per heavy atom. The van der Waals surface area contributed by atoms with Crippen molar-refractivity contribution in [1.82, 2.24) is 15.1 Å². The molecule has 3 rings (SSSR count). The van der Waals surface area contributed by atoms with Crippen LogP contribution in [0.3, 0.4) is 0 Å². The van der Waals surface area contributed by atoms with E-state index in [9.17, 15) is 4.79 Å². The summed E-state index contributed by atoms with van der Waals surface area (Å²) in [6.07, 6.45) is 3.43. The second-order valence-corrected chi connectivity index (χ2v) is 4.69. The molecular weight excluding hydrogens is 214 g/mol. The summed E-state index contributed by atoms with van der Waals surface area (Å²) in [5, 5.41) is 8.51. The van der Waals surface area contributed by atoms with Gasteiger partial charge in [-0.3, -0.25) is 9.48 Å². The van der Waals surface area contributed by atoms with E-state index in [2.05, 4.69) is 35.5 Å². The van der Waals surface area contributed by atoms with Gasteiger partial charge in [-0.05, 0) is 25.0 Å². The first-order valence-corrected chi connectivity index (χ1v) is 5.94. The number of amides is 1. The van der Waals surface area contributed by atoms with Crippen molar-refractivity contribution in [2.75, 3.05) is 0 Å². The van der Waals surface area contributed by atoms with Crippen LogP contribution in [0.25, 0.3) is 10.9 Å². The van der Waals surface area contributed by atoms with Crippen LogP contribution < -0.4 is 5.32 Å². The van der Waals surface area contributed by atoms with Gasteiger partial charge in [0.25, 0.3) is 0 Å². The molecule has 2 aromatic rings. The first kappa shape index (κ1) is 10.3. The van der Waals surface area contributed by atoms with Gasteiger partial charge in [0.2, 0.25) is 5.91 Å². The highest BCUT2D eigenvalue weighted by atomic mass is 16.1. The maximum absolute atomic E-state index is 11.2. The van der Waals surface area contributed by atoms with Crippen LogP contribution in [0.4, 0.5) is 0 Å². The van der Waals surface area contributed by atoms with E-state index in [1.807, 2.05) is 10.9 Å². The zero-order chi connectivity index (χ0) is 11.8. The summed E-state index contributed by atoms with van der Waals surface area (Å²) in [7, 11) is 0. The Hall–Kier alpha value is -1.84. The van der Waals surface area contributed by atoms with Crippen molar-refractivity contribution >= 4 is 16.8 Å². The van der Waals surface area contributed by atoms with Crippen molar-refractivity contribution < 1.29 is 4.79 Å². The lowest BCUT2D eigenvalue weighted by Gasteiger charge is -2.10. The summed E-state index contributed by atoms with van der Waals surface area (Å²) < 4.78 is 1.98. The van der Waals surface area contributed by atoms with E-state index in [-0.39, 0.29) is 11.9 Å². The lowest BCUT2D eigenvalue weighted by atomic mass is 10.2. The molecule has 0 unspecified atom stereocenters. The van der Waals surface area contributed by atoms with Gasteiger partial charge in [0.05, 0.1) is 18.3 Å². The Morgan fingerprint density at radius 1 is 1.53 bits per heavy atom. The van der Waals surface area contributed by atoms with Gasteiger partial charge in [0.15, 0.2) is 0 Å².